The lowest BCUT2D eigenvalue weighted by Gasteiger charge is -2.29. The largest absolute Gasteiger partial charge is 0.494 e. The number of nitrogens with zero attached hydrogens (tertiary/aromatic N) is 3. The highest BCUT2D eigenvalue weighted by molar-refractivity contribution is 6.18. The zero-order valence-electron chi connectivity index (χ0n) is 19.8. The lowest BCUT2D eigenvalue weighted by molar-refractivity contribution is 0.122. The Balaban J connectivity index is 1.50. The first-order chi connectivity index (χ1) is 16.7. The van der Waals surface area contributed by atoms with Crippen LogP contribution in [0.15, 0.2) is 76.8 Å². The maximum absolute atomic E-state index is 5.58. The highest BCUT2D eigenvalue weighted by atomic mass is 16.5. The van der Waals surface area contributed by atoms with E-state index in [0.29, 0.717) is 12.4 Å². The van der Waals surface area contributed by atoms with Gasteiger partial charge in [-0.2, -0.15) is 5.10 Å². The van der Waals surface area contributed by atoms with Crippen LogP contribution >= 0.6 is 0 Å². The van der Waals surface area contributed by atoms with Crippen molar-refractivity contribution in [3.8, 4) is 5.75 Å². The topological polar surface area (TPSA) is 58.5 Å². The molecule has 2 aliphatic rings. The van der Waals surface area contributed by atoms with E-state index in [2.05, 4.69) is 59.7 Å². The van der Waals surface area contributed by atoms with Gasteiger partial charge in [-0.1, -0.05) is 25.1 Å². The van der Waals surface area contributed by atoms with E-state index in [-0.39, 0.29) is 0 Å². The lowest BCUT2D eigenvalue weighted by Crippen LogP contribution is -2.36. The fraction of sp³-hybridized carbons (Fsp3) is 0.286. The summed E-state index contributed by atoms with van der Waals surface area (Å²) >= 11 is 0. The number of hydrogen-bond donors (Lipinski definition) is 1. The van der Waals surface area contributed by atoms with Crippen molar-refractivity contribution in [1.29, 1.82) is 0 Å². The highest BCUT2D eigenvalue weighted by Crippen LogP contribution is 2.28. The van der Waals surface area contributed by atoms with Crippen LogP contribution in [-0.4, -0.2) is 44.5 Å². The van der Waals surface area contributed by atoms with E-state index < -0.39 is 0 Å². The molecule has 2 aliphatic heterocycles. The van der Waals surface area contributed by atoms with Crippen molar-refractivity contribution in [2.24, 2.45) is 10.1 Å². The first kappa shape index (κ1) is 22.2. The molecule has 0 unspecified atom stereocenters. The molecule has 174 valence electrons. The molecule has 0 radical (unpaired) electrons. The van der Waals surface area contributed by atoms with Gasteiger partial charge in [-0.25, -0.2) is 4.99 Å². The Labute approximate surface area is 200 Å². The molecule has 2 heterocycles. The minimum absolute atomic E-state index is 0.643. The molecule has 3 aromatic carbocycles. The molecule has 0 aromatic heterocycles. The molecule has 3 aromatic rings. The van der Waals surface area contributed by atoms with E-state index in [0.717, 1.165) is 66.6 Å². The van der Waals surface area contributed by atoms with E-state index in [1.54, 1.807) is 0 Å². The number of anilines is 1. The average molecular weight is 455 g/mol. The molecule has 1 fully saturated rings. The van der Waals surface area contributed by atoms with E-state index in [9.17, 15) is 0 Å². The number of aryl methyl sites for hydroxylation is 1. The number of aliphatic imine (C=N–C) groups is 1. The van der Waals surface area contributed by atoms with E-state index in [1.807, 2.05) is 31.2 Å². The quantitative estimate of drug-likeness (QED) is 0.575. The third kappa shape index (κ3) is 4.68. The van der Waals surface area contributed by atoms with Crippen molar-refractivity contribution in [2.75, 3.05) is 37.8 Å². The molecule has 0 spiro atoms. The predicted octanol–water partition coefficient (Wildman–Crippen LogP) is 4.92. The van der Waals surface area contributed by atoms with Crippen LogP contribution in [0.1, 0.15) is 36.1 Å². The molecule has 1 saturated heterocycles. The number of benzene rings is 3. The summed E-state index contributed by atoms with van der Waals surface area (Å²) in [5.41, 5.74) is 10.6. The third-order valence-electron chi connectivity index (χ3n) is 6.19. The van der Waals surface area contributed by atoms with Crippen LogP contribution < -0.4 is 15.1 Å². The molecular weight excluding hydrogens is 424 g/mol. The first-order valence-electron chi connectivity index (χ1n) is 12.0. The summed E-state index contributed by atoms with van der Waals surface area (Å²) < 4.78 is 11.1. The Hall–Kier alpha value is -3.64. The zero-order valence-corrected chi connectivity index (χ0v) is 19.8. The van der Waals surface area contributed by atoms with Gasteiger partial charge in [0, 0.05) is 35.5 Å². The second kappa shape index (κ2) is 10.1. The van der Waals surface area contributed by atoms with Crippen molar-refractivity contribution in [2.45, 2.75) is 20.3 Å². The van der Waals surface area contributed by atoms with E-state index in [1.165, 1.54) is 11.3 Å². The summed E-state index contributed by atoms with van der Waals surface area (Å²) in [6.07, 6.45) is 0.958. The fourth-order valence-corrected chi connectivity index (χ4v) is 4.28. The predicted molar refractivity (Wildman–Crippen MR) is 138 cm³/mol. The summed E-state index contributed by atoms with van der Waals surface area (Å²) in [4.78, 5) is 7.31. The minimum atomic E-state index is 0.643. The van der Waals surface area contributed by atoms with Gasteiger partial charge in [0.25, 0.3) is 0 Å². The van der Waals surface area contributed by atoms with Crippen molar-refractivity contribution < 1.29 is 9.47 Å². The van der Waals surface area contributed by atoms with Crippen LogP contribution in [-0.2, 0) is 11.2 Å². The Kier molecular flexibility index (Phi) is 6.58. The maximum atomic E-state index is 5.58. The molecule has 5 rings (SSSR count). The molecule has 0 bridgehead atoms. The molecule has 34 heavy (non-hydrogen) atoms. The van der Waals surface area contributed by atoms with E-state index >= 15 is 0 Å². The van der Waals surface area contributed by atoms with Crippen molar-refractivity contribution in [3.63, 3.8) is 0 Å². The molecule has 0 saturated carbocycles. The van der Waals surface area contributed by atoms with Crippen molar-refractivity contribution in [1.82, 2.24) is 5.43 Å². The minimum Gasteiger partial charge on any atom is -0.494 e. The Bertz CT molecular complexity index is 1190. The first-order valence-corrected chi connectivity index (χ1v) is 12.0. The van der Waals surface area contributed by atoms with Gasteiger partial charge in [0.2, 0.25) is 0 Å². The van der Waals surface area contributed by atoms with Crippen LogP contribution in [0.3, 0.4) is 0 Å². The Morgan fingerprint density at radius 2 is 1.65 bits per heavy atom. The van der Waals surface area contributed by atoms with Gasteiger partial charge in [-0.3, -0.25) is 5.43 Å². The number of rotatable bonds is 6. The molecule has 0 aliphatic carbocycles. The summed E-state index contributed by atoms with van der Waals surface area (Å²) in [5, 5.41) is 4.84. The fourth-order valence-electron chi connectivity index (χ4n) is 4.28. The van der Waals surface area contributed by atoms with Gasteiger partial charge >= 0.3 is 0 Å². The number of morpholine rings is 1. The molecular formula is C28H30N4O2. The molecule has 0 amide bonds. The maximum Gasteiger partial charge on any atom is 0.154 e. The Morgan fingerprint density at radius 3 is 2.35 bits per heavy atom. The average Bonchev–Trinajstić information content (AvgIpc) is 3.09. The van der Waals surface area contributed by atoms with Crippen LogP contribution in [0.4, 0.5) is 11.4 Å². The van der Waals surface area contributed by atoms with Gasteiger partial charge in [0.1, 0.15) is 5.75 Å². The van der Waals surface area contributed by atoms with Crippen molar-refractivity contribution >= 4 is 22.9 Å². The zero-order chi connectivity index (χ0) is 23.3. The number of hydrazone groups is 1. The normalized spacial score (nSPS) is 15.5. The van der Waals surface area contributed by atoms with E-state index in [4.69, 9.17) is 19.6 Å². The van der Waals surface area contributed by atoms with Crippen LogP contribution in [0.5, 0.6) is 5.75 Å². The smallest absolute Gasteiger partial charge is 0.154 e. The standard InChI is InChI=1S/C28H30N4O2/c1-3-20-5-14-26-25(19-20)27(21-6-10-23(11-7-21)32-15-17-33-18-16-32)30-31-28(29-26)22-8-12-24(13-9-22)34-4-2/h5-14,19H,3-4,15-18H2,1-2H3,(H,29,31). The number of hydrogen-bond acceptors (Lipinski definition) is 6. The van der Waals surface area contributed by atoms with Gasteiger partial charge in [0.05, 0.1) is 31.2 Å². The van der Waals surface area contributed by atoms with Gasteiger partial charge in [-0.15, -0.1) is 0 Å². The number of ether oxygens (including phenoxy) is 2. The second-order valence-electron chi connectivity index (χ2n) is 8.34. The van der Waals surface area contributed by atoms with Gasteiger partial charge in [0.15, 0.2) is 5.84 Å². The lowest BCUT2D eigenvalue weighted by atomic mass is 9.97. The van der Waals surface area contributed by atoms with Gasteiger partial charge in [-0.05, 0) is 67.4 Å². The summed E-state index contributed by atoms with van der Waals surface area (Å²) in [6.45, 7) is 8.18. The van der Waals surface area contributed by atoms with Gasteiger partial charge < -0.3 is 14.4 Å². The number of nitrogens with one attached hydrogen (secondary N) is 1. The monoisotopic (exact) mass is 454 g/mol. The summed E-state index contributed by atoms with van der Waals surface area (Å²) in [7, 11) is 0. The Morgan fingerprint density at radius 1 is 0.912 bits per heavy atom. The molecule has 6 nitrogen and oxygen atoms in total. The third-order valence-corrected chi connectivity index (χ3v) is 6.19. The van der Waals surface area contributed by atoms with Crippen LogP contribution in [0, 0.1) is 0 Å². The van der Waals surface area contributed by atoms with Crippen molar-refractivity contribution in [3.05, 3.63) is 89.0 Å². The molecule has 0 atom stereocenters. The SMILES string of the molecule is CCOc1ccc(C2=Nc3ccc(CC)cc3C(c3ccc(N4CCOCC4)cc3)=NN2)cc1. The summed E-state index contributed by atoms with van der Waals surface area (Å²) in [5.74, 6) is 1.56. The molecule has 6 heteroatoms. The summed E-state index contributed by atoms with van der Waals surface area (Å²) in [6, 6.07) is 23.0. The number of amidine groups is 1. The molecule has 1 N–H and O–H groups in total. The second-order valence-corrected chi connectivity index (χ2v) is 8.34. The number of fused-ring (bicyclic) bond motifs is 1. The highest BCUT2D eigenvalue weighted by Gasteiger charge is 2.19. The van der Waals surface area contributed by atoms with Crippen LogP contribution in [0.25, 0.3) is 0 Å². The van der Waals surface area contributed by atoms with Crippen LogP contribution in [0.2, 0.25) is 0 Å².